The van der Waals surface area contributed by atoms with Crippen LogP contribution in [0, 0.1) is 5.82 Å². The van der Waals surface area contributed by atoms with Crippen LogP contribution in [-0.2, 0) is 0 Å². The first-order chi connectivity index (χ1) is 7.58. The number of imidazole rings is 1. The van der Waals surface area contributed by atoms with Crippen molar-refractivity contribution in [3.8, 4) is 5.69 Å². The van der Waals surface area contributed by atoms with Gasteiger partial charge in [-0.05, 0) is 24.6 Å². The topological polar surface area (TPSA) is 17.8 Å². The molecule has 1 unspecified atom stereocenters. The van der Waals surface area contributed by atoms with Crippen molar-refractivity contribution in [2.45, 2.75) is 12.2 Å². The number of halogens is 2. The molecule has 5 heteroatoms. The molecule has 1 aromatic heterocycles. The zero-order valence-electron chi connectivity index (χ0n) is 8.56. The number of benzene rings is 1. The predicted octanol–water partition coefficient (Wildman–Crippen LogP) is 3.66. The molecule has 1 aromatic carbocycles. The van der Waals surface area contributed by atoms with Crippen molar-refractivity contribution < 1.29 is 4.39 Å². The summed E-state index contributed by atoms with van der Waals surface area (Å²) < 4.78 is 15.3. The zero-order chi connectivity index (χ0) is 11.7. The van der Waals surface area contributed by atoms with E-state index in [4.69, 9.17) is 11.6 Å². The Hall–Kier alpha value is -1.00. The molecule has 84 valence electrons. The molecule has 2 rings (SSSR count). The summed E-state index contributed by atoms with van der Waals surface area (Å²) >= 11 is 9.93. The SMILES string of the molecule is CC(S)c1ccc(-n2cnc(Cl)c2)c(F)c1. The number of nitrogens with zero attached hydrogens (tertiary/aromatic N) is 2. The molecule has 0 saturated heterocycles. The molecule has 0 aliphatic heterocycles. The van der Waals surface area contributed by atoms with Gasteiger partial charge < -0.3 is 4.57 Å². The van der Waals surface area contributed by atoms with Crippen LogP contribution in [-0.4, -0.2) is 9.55 Å². The molecule has 0 saturated carbocycles. The summed E-state index contributed by atoms with van der Waals surface area (Å²) in [6, 6.07) is 5.00. The first-order valence-corrected chi connectivity index (χ1v) is 5.65. The summed E-state index contributed by atoms with van der Waals surface area (Å²) in [5.74, 6) is -0.313. The molecule has 2 aromatic rings. The Morgan fingerprint density at radius 2 is 2.25 bits per heavy atom. The van der Waals surface area contributed by atoms with Gasteiger partial charge in [0.25, 0.3) is 0 Å². The monoisotopic (exact) mass is 256 g/mol. The maximum atomic E-state index is 13.8. The van der Waals surface area contributed by atoms with Crippen LogP contribution in [0.1, 0.15) is 17.7 Å². The van der Waals surface area contributed by atoms with Gasteiger partial charge in [-0.15, -0.1) is 0 Å². The Morgan fingerprint density at radius 3 is 2.75 bits per heavy atom. The van der Waals surface area contributed by atoms with E-state index < -0.39 is 0 Å². The molecular weight excluding hydrogens is 247 g/mol. The summed E-state index contributed by atoms with van der Waals surface area (Å²) in [6.45, 7) is 1.89. The molecule has 0 bridgehead atoms. The third-order valence-corrected chi connectivity index (χ3v) is 2.78. The molecular formula is C11H10ClFN2S. The van der Waals surface area contributed by atoms with Gasteiger partial charge in [-0.1, -0.05) is 17.7 Å². The molecule has 0 aliphatic carbocycles. The summed E-state index contributed by atoms with van der Waals surface area (Å²) in [7, 11) is 0. The summed E-state index contributed by atoms with van der Waals surface area (Å²) in [5, 5.41) is 0.348. The van der Waals surface area contributed by atoms with Gasteiger partial charge in [0, 0.05) is 11.4 Å². The van der Waals surface area contributed by atoms with Crippen molar-refractivity contribution in [2.24, 2.45) is 0 Å². The van der Waals surface area contributed by atoms with Crippen LogP contribution < -0.4 is 0 Å². The standard InChI is InChI=1S/C11H10ClFN2S/c1-7(16)8-2-3-10(9(13)4-8)15-5-11(12)14-6-15/h2-7,16H,1H3. The van der Waals surface area contributed by atoms with Gasteiger partial charge in [0.15, 0.2) is 0 Å². The molecule has 16 heavy (non-hydrogen) atoms. The second-order valence-corrected chi connectivity index (χ2v) is 4.65. The number of aromatic nitrogens is 2. The van der Waals surface area contributed by atoms with E-state index >= 15 is 0 Å². The Bertz CT molecular complexity index is 510. The van der Waals surface area contributed by atoms with Crippen LogP contribution in [0.4, 0.5) is 4.39 Å². The van der Waals surface area contributed by atoms with E-state index in [-0.39, 0.29) is 11.1 Å². The van der Waals surface area contributed by atoms with Crippen LogP contribution >= 0.6 is 24.2 Å². The molecule has 1 heterocycles. The molecule has 0 N–H and O–H groups in total. The van der Waals surface area contributed by atoms with E-state index in [2.05, 4.69) is 17.6 Å². The van der Waals surface area contributed by atoms with Crippen LogP contribution in [0.2, 0.25) is 5.15 Å². The van der Waals surface area contributed by atoms with Crippen LogP contribution in [0.25, 0.3) is 5.69 Å². The molecule has 2 nitrogen and oxygen atoms in total. The molecule has 0 amide bonds. The maximum absolute atomic E-state index is 13.8. The van der Waals surface area contributed by atoms with Gasteiger partial charge in [0.2, 0.25) is 0 Å². The Balaban J connectivity index is 2.44. The lowest BCUT2D eigenvalue weighted by molar-refractivity contribution is 0.616. The third-order valence-electron chi connectivity index (χ3n) is 2.28. The maximum Gasteiger partial charge on any atom is 0.147 e. The van der Waals surface area contributed by atoms with E-state index in [9.17, 15) is 4.39 Å². The van der Waals surface area contributed by atoms with E-state index in [1.807, 2.05) is 13.0 Å². The summed E-state index contributed by atoms with van der Waals surface area (Å²) in [6.07, 6.45) is 3.04. The third kappa shape index (κ3) is 2.23. The molecule has 1 atom stereocenters. The minimum absolute atomic E-state index is 0.00919. The molecule has 0 spiro atoms. The van der Waals surface area contributed by atoms with E-state index in [0.717, 1.165) is 5.56 Å². The fraction of sp³-hybridized carbons (Fsp3) is 0.182. The number of rotatable bonds is 2. The Kier molecular flexibility index (Phi) is 3.21. The van der Waals surface area contributed by atoms with E-state index in [0.29, 0.717) is 10.8 Å². The first kappa shape index (κ1) is 11.5. The molecule has 0 fully saturated rings. The van der Waals surface area contributed by atoms with Crippen molar-refractivity contribution >= 4 is 24.2 Å². The van der Waals surface area contributed by atoms with Crippen molar-refractivity contribution in [1.82, 2.24) is 9.55 Å². The minimum atomic E-state index is -0.313. The van der Waals surface area contributed by atoms with Gasteiger partial charge in [-0.3, -0.25) is 0 Å². The number of hydrogen-bond donors (Lipinski definition) is 1. The largest absolute Gasteiger partial charge is 0.302 e. The number of hydrogen-bond acceptors (Lipinski definition) is 2. The van der Waals surface area contributed by atoms with Crippen molar-refractivity contribution in [1.29, 1.82) is 0 Å². The van der Waals surface area contributed by atoms with Gasteiger partial charge in [0.1, 0.15) is 17.3 Å². The molecule has 0 aliphatic rings. The van der Waals surface area contributed by atoms with Crippen LogP contribution in [0.5, 0.6) is 0 Å². The average Bonchev–Trinajstić information content (AvgIpc) is 2.64. The van der Waals surface area contributed by atoms with Gasteiger partial charge in [0.05, 0.1) is 5.69 Å². The number of thiol groups is 1. The van der Waals surface area contributed by atoms with Gasteiger partial charge in [-0.25, -0.2) is 9.37 Å². The fourth-order valence-corrected chi connectivity index (χ4v) is 1.73. The highest BCUT2D eigenvalue weighted by Gasteiger charge is 2.08. The van der Waals surface area contributed by atoms with E-state index in [1.54, 1.807) is 16.8 Å². The van der Waals surface area contributed by atoms with Gasteiger partial charge in [-0.2, -0.15) is 12.6 Å². The van der Waals surface area contributed by atoms with Crippen LogP contribution in [0.3, 0.4) is 0 Å². The summed E-state index contributed by atoms with van der Waals surface area (Å²) in [5.41, 5.74) is 1.27. The lowest BCUT2D eigenvalue weighted by Crippen LogP contribution is -1.96. The summed E-state index contributed by atoms with van der Waals surface area (Å²) in [4.78, 5) is 3.84. The van der Waals surface area contributed by atoms with Crippen molar-refractivity contribution in [2.75, 3.05) is 0 Å². The molecule has 0 radical (unpaired) electrons. The minimum Gasteiger partial charge on any atom is -0.302 e. The predicted molar refractivity (Wildman–Crippen MR) is 65.9 cm³/mol. The lowest BCUT2D eigenvalue weighted by Gasteiger charge is -2.08. The van der Waals surface area contributed by atoms with Crippen LogP contribution in [0.15, 0.2) is 30.7 Å². The van der Waals surface area contributed by atoms with Gasteiger partial charge >= 0.3 is 0 Å². The average molecular weight is 257 g/mol. The highest BCUT2D eigenvalue weighted by atomic mass is 35.5. The first-order valence-electron chi connectivity index (χ1n) is 4.75. The van der Waals surface area contributed by atoms with E-state index in [1.165, 1.54) is 12.4 Å². The normalized spacial score (nSPS) is 12.8. The Labute approximate surface area is 103 Å². The highest BCUT2D eigenvalue weighted by Crippen LogP contribution is 2.23. The lowest BCUT2D eigenvalue weighted by atomic mass is 10.1. The zero-order valence-corrected chi connectivity index (χ0v) is 10.2. The Morgan fingerprint density at radius 1 is 1.50 bits per heavy atom. The second-order valence-electron chi connectivity index (χ2n) is 3.49. The highest BCUT2D eigenvalue weighted by molar-refractivity contribution is 7.80. The van der Waals surface area contributed by atoms with Crippen molar-refractivity contribution in [3.05, 3.63) is 47.3 Å². The smallest absolute Gasteiger partial charge is 0.147 e. The second kappa shape index (κ2) is 4.47. The quantitative estimate of drug-likeness (QED) is 0.812. The van der Waals surface area contributed by atoms with Crippen molar-refractivity contribution in [3.63, 3.8) is 0 Å². The fourth-order valence-electron chi connectivity index (χ4n) is 1.42.